The highest BCUT2D eigenvalue weighted by atomic mass is 19.4. The molecule has 0 aromatic heterocycles. The van der Waals surface area contributed by atoms with Gasteiger partial charge in [0.1, 0.15) is 5.60 Å². The molecule has 1 atom stereocenters. The zero-order valence-corrected chi connectivity index (χ0v) is 12.0. The van der Waals surface area contributed by atoms with Gasteiger partial charge in [-0.25, -0.2) is 9.18 Å². The SMILES string of the molecule is C=C(C)C(=O)OC1(C(F)C(O)(C(F)(F)F)C(F)(F)F)CCCC1. The lowest BCUT2D eigenvalue weighted by molar-refractivity contribution is -0.396. The van der Waals surface area contributed by atoms with Crippen LogP contribution in [0, 0.1) is 0 Å². The average Bonchev–Trinajstić information content (AvgIpc) is 2.83. The van der Waals surface area contributed by atoms with Gasteiger partial charge in [0.05, 0.1) is 0 Å². The molecule has 3 nitrogen and oxygen atoms in total. The molecule has 1 N–H and O–H groups in total. The Balaban J connectivity index is 3.35. The Morgan fingerprint density at radius 2 is 1.52 bits per heavy atom. The lowest BCUT2D eigenvalue weighted by Gasteiger charge is -2.42. The summed E-state index contributed by atoms with van der Waals surface area (Å²) in [6.07, 6.45) is -17.6. The fraction of sp³-hybridized carbons (Fsp3) is 0.769. The highest BCUT2D eigenvalue weighted by Crippen LogP contribution is 2.52. The average molecular weight is 352 g/mol. The van der Waals surface area contributed by atoms with Crippen LogP contribution in [0.2, 0.25) is 0 Å². The van der Waals surface area contributed by atoms with Crippen molar-refractivity contribution in [2.45, 2.75) is 62.3 Å². The number of alkyl halides is 7. The molecule has 1 fully saturated rings. The summed E-state index contributed by atoms with van der Waals surface area (Å²) in [4.78, 5) is 11.5. The fourth-order valence-corrected chi connectivity index (χ4v) is 2.48. The van der Waals surface area contributed by atoms with Crippen molar-refractivity contribution in [1.82, 2.24) is 0 Å². The van der Waals surface area contributed by atoms with Crippen LogP contribution in [0.4, 0.5) is 30.7 Å². The van der Waals surface area contributed by atoms with Crippen molar-refractivity contribution in [3.8, 4) is 0 Å². The molecule has 0 aliphatic heterocycles. The molecular formula is C13H15F7O3. The van der Waals surface area contributed by atoms with Crippen molar-refractivity contribution in [3.63, 3.8) is 0 Å². The molecule has 0 saturated heterocycles. The first kappa shape index (κ1) is 19.7. The topological polar surface area (TPSA) is 46.5 Å². The molecule has 1 aliphatic rings. The van der Waals surface area contributed by atoms with Gasteiger partial charge in [-0.05, 0) is 32.6 Å². The molecule has 0 heterocycles. The number of carbonyl (C=O) groups excluding carboxylic acids is 1. The van der Waals surface area contributed by atoms with Crippen LogP contribution in [0.3, 0.4) is 0 Å². The van der Waals surface area contributed by atoms with E-state index in [9.17, 15) is 40.6 Å². The van der Waals surface area contributed by atoms with E-state index in [1.54, 1.807) is 0 Å². The molecule has 1 saturated carbocycles. The lowest BCUT2D eigenvalue weighted by Crippen LogP contribution is -2.69. The number of halogens is 7. The zero-order valence-electron chi connectivity index (χ0n) is 12.0. The second kappa shape index (κ2) is 5.95. The standard InChI is InChI=1S/C13H15F7O3/c1-7(2)8(21)23-10(5-3-4-6-10)9(14)11(22,12(15,16)17)13(18,19)20/h9,22H,1,3-6H2,2H3. The van der Waals surface area contributed by atoms with E-state index >= 15 is 0 Å². The normalized spacial score (nSPS) is 20.2. The Labute approximate surface area is 127 Å². The molecule has 1 rings (SSSR count). The Kier molecular flexibility index (Phi) is 5.11. The van der Waals surface area contributed by atoms with Gasteiger partial charge >= 0.3 is 18.3 Å². The summed E-state index contributed by atoms with van der Waals surface area (Å²) in [5.74, 6) is -1.32. The van der Waals surface area contributed by atoms with Crippen molar-refractivity contribution in [2.75, 3.05) is 0 Å². The lowest BCUT2D eigenvalue weighted by atomic mass is 9.82. The van der Waals surface area contributed by atoms with Crippen LogP contribution < -0.4 is 0 Å². The number of esters is 1. The molecule has 0 amide bonds. The third-order valence-electron chi connectivity index (χ3n) is 3.79. The second-order valence-corrected chi connectivity index (χ2v) is 5.57. The Morgan fingerprint density at radius 3 is 1.83 bits per heavy atom. The van der Waals surface area contributed by atoms with Gasteiger partial charge in [0.15, 0.2) is 6.17 Å². The number of hydrogen-bond acceptors (Lipinski definition) is 3. The zero-order chi connectivity index (χ0) is 18.3. The minimum atomic E-state index is -6.34. The van der Waals surface area contributed by atoms with Crippen LogP contribution >= 0.6 is 0 Å². The van der Waals surface area contributed by atoms with Gasteiger partial charge in [-0.1, -0.05) is 6.58 Å². The number of rotatable bonds is 4. The minimum absolute atomic E-state index is 0.0513. The van der Waals surface area contributed by atoms with Gasteiger partial charge in [0.2, 0.25) is 0 Å². The van der Waals surface area contributed by atoms with Crippen LogP contribution in [0.15, 0.2) is 12.2 Å². The maximum absolute atomic E-state index is 14.4. The Morgan fingerprint density at radius 1 is 1.13 bits per heavy atom. The van der Waals surface area contributed by atoms with Gasteiger partial charge in [-0.15, -0.1) is 0 Å². The number of ether oxygens (including phenoxy) is 1. The largest absolute Gasteiger partial charge is 0.452 e. The summed E-state index contributed by atoms with van der Waals surface area (Å²) in [6, 6.07) is 0. The number of hydrogen-bond donors (Lipinski definition) is 1. The van der Waals surface area contributed by atoms with E-state index in [4.69, 9.17) is 0 Å². The Hall–Kier alpha value is -1.32. The highest BCUT2D eigenvalue weighted by Gasteiger charge is 2.78. The molecule has 1 aliphatic carbocycles. The van der Waals surface area contributed by atoms with Crippen LogP contribution in [-0.4, -0.2) is 40.8 Å². The maximum Gasteiger partial charge on any atom is 0.429 e. The van der Waals surface area contributed by atoms with Gasteiger partial charge in [0.25, 0.3) is 5.60 Å². The summed E-state index contributed by atoms with van der Waals surface area (Å²) in [6.45, 7) is 4.25. The molecule has 0 bridgehead atoms. The maximum atomic E-state index is 14.4. The van der Waals surface area contributed by atoms with E-state index in [0.717, 1.165) is 6.92 Å². The van der Waals surface area contributed by atoms with Crippen molar-refractivity contribution >= 4 is 5.97 Å². The molecule has 0 radical (unpaired) electrons. The van der Waals surface area contributed by atoms with E-state index in [-0.39, 0.29) is 18.4 Å². The van der Waals surface area contributed by atoms with Crippen molar-refractivity contribution in [1.29, 1.82) is 0 Å². The third-order valence-corrected chi connectivity index (χ3v) is 3.79. The molecule has 0 aromatic rings. The summed E-state index contributed by atoms with van der Waals surface area (Å²) >= 11 is 0. The molecular weight excluding hydrogens is 337 g/mol. The van der Waals surface area contributed by atoms with Crippen LogP contribution in [0.5, 0.6) is 0 Å². The van der Waals surface area contributed by atoms with E-state index in [1.807, 2.05) is 0 Å². The van der Waals surface area contributed by atoms with Gasteiger partial charge in [-0.3, -0.25) is 0 Å². The van der Waals surface area contributed by atoms with Gasteiger partial charge in [0, 0.05) is 5.57 Å². The van der Waals surface area contributed by atoms with Gasteiger partial charge < -0.3 is 9.84 Å². The first-order valence-corrected chi connectivity index (χ1v) is 6.58. The van der Waals surface area contributed by atoms with E-state index in [1.165, 1.54) is 0 Å². The van der Waals surface area contributed by atoms with E-state index in [2.05, 4.69) is 11.3 Å². The fourth-order valence-electron chi connectivity index (χ4n) is 2.48. The van der Waals surface area contributed by atoms with Crippen molar-refractivity contribution in [3.05, 3.63) is 12.2 Å². The summed E-state index contributed by atoms with van der Waals surface area (Å²) in [5.41, 5.74) is -8.67. The van der Waals surface area contributed by atoms with Crippen LogP contribution in [0.25, 0.3) is 0 Å². The van der Waals surface area contributed by atoms with E-state index < -0.39 is 48.5 Å². The predicted octanol–water partition coefficient (Wildman–Crippen LogP) is 3.61. The molecule has 134 valence electrons. The van der Waals surface area contributed by atoms with Crippen LogP contribution in [0.1, 0.15) is 32.6 Å². The summed E-state index contributed by atoms with van der Waals surface area (Å²) < 4.78 is 95.8. The summed E-state index contributed by atoms with van der Waals surface area (Å²) in [5, 5.41) is 9.19. The smallest absolute Gasteiger partial charge is 0.429 e. The molecule has 23 heavy (non-hydrogen) atoms. The molecule has 0 spiro atoms. The van der Waals surface area contributed by atoms with Crippen molar-refractivity contribution < 1.29 is 45.4 Å². The first-order chi connectivity index (χ1) is 10.2. The predicted molar refractivity (Wildman–Crippen MR) is 64.1 cm³/mol. The quantitative estimate of drug-likeness (QED) is 0.478. The third kappa shape index (κ3) is 3.31. The van der Waals surface area contributed by atoms with Crippen LogP contribution in [-0.2, 0) is 9.53 Å². The molecule has 1 unspecified atom stereocenters. The van der Waals surface area contributed by atoms with Gasteiger partial charge in [-0.2, -0.15) is 26.3 Å². The monoisotopic (exact) mass is 352 g/mol. The minimum Gasteiger partial charge on any atom is -0.452 e. The number of carbonyl (C=O) groups is 1. The second-order valence-electron chi connectivity index (χ2n) is 5.57. The molecule has 10 heteroatoms. The Bertz CT molecular complexity index is 461. The number of aliphatic hydroxyl groups is 1. The van der Waals surface area contributed by atoms with Crippen molar-refractivity contribution in [2.24, 2.45) is 0 Å². The summed E-state index contributed by atoms with van der Waals surface area (Å²) in [7, 11) is 0. The van der Waals surface area contributed by atoms with E-state index in [0.29, 0.717) is 0 Å². The molecule has 0 aromatic carbocycles. The first-order valence-electron chi connectivity index (χ1n) is 6.58. The highest BCUT2D eigenvalue weighted by molar-refractivity contribution is 5.87.